The molecule has 2 rings (SSSR count). The number of benzene rings is 1. The average Bonchev–Trinajstić information content (AvgIpc) is 3.01. The summed E-state index contributed by atoms with van der Waals surface area (Å²) in [7, 11) is 0. The summed E-state index contributed by atoms with van der Waals surface area (Å²) in [6.07, 6.45) is 2.58. The van der Waals surface area contributed by atoms with Crippen LogP contribution in [0.5, 0.6) is 0 Å². The zero-order chi connectivity index (χ0) is 10.8. The molecule has 1 aromatic rings. The van der Waals surface area contributed by atoms with E-state index in [4.69, 9.17) is 9.84 Å². The summed E-state index contributed by atoms with van der Waals surface area (Å²) in [6.45, 7) is 4.40. The van der Waals surface area contributed by atoms with E-state index in [9.17, 15) is 4.79 Å². The highest BCUT2D eigenvalue weighted by atomic mass is 16.6. The van der Waals surface area contributed by atoms with Crippen LogP contribution >= 0.6 is 0 Å². The maximum absolute atomic E-state index is 11.0. The van der Waals surface area contributed by atoms with Crippen LogP contribution < -0.4 is 0 Å². The van der Waals surface area contributed by atoms with Crippen LogP contribution in [0.3, 0.4) is 0 Å². The lowest BCUT2D eigenvalue weighted by atomic mass is 10.00. The number of hydrogen-bond donors (Lipinski definition) is 1. The van der Waals surface area contributed by atoms with E-state index in [0.29, 0.717) is 12.0 Å². The van der Waals surface area contributed by atoms with E-state index in [1.165, 1.54) is 0 Å². The van der Waals surface area contributed by atoms with Gasteiger partial charge in [0.2, 0.25) is 0 Å². The molecule has 1 aromatic carbocycles. The summed E-state index contributed by atoms with van der Waals surface area (Å²) in [5.74, 6) is -0.888. The molecule has 0 saturated carbocycles. The van der Waals surface area contributed by atoms with Crippen LogP contribution in [0.15, 0.2) is 24.8 Å². The third-order valence-electron chi connectivity index (χ3n) is 2.45. The van der Waals surface area contributed by atoms with Crippen molar-refractivity contribution < 1.29 is 14.6 Å². The molecule has 0 aliphatic carbocycles. The smallest absolute Gasteiger partial charge is 0.335 e. The maximum atomic E-state index is 11.0. The van der Waals surface area contributed by atoms with E-state index in [1.54, 1.807) is 18.2 Å². The number of rotatable bonds is 4. The van der Waals surface area contributed by atoms with Crippen molar-refractivity contribution in [2.24, 2.45) is 0 Å². The van der Waals surface area contributed by atoms with Crippen LogP contribution in [0, 0.1) is 0 Å². The lowest BCUT2D eigenvalue weighted by Crippen LogP contribution is -2.05. The minimum absolute atomic E-state index is 0.197. The Morgan fingerprint density at radius 1 is 1.67 bits per heavy atom. The molecule has 3 heteroatoms. The Morgan fingerprint density at radius 2 is 2.40 bits per heavy atom. The van der Waals surface area contributed by atoms with Crippen molar-refractivity contribution in [3.63, 3.8) is 0 Å². The zero-order valence-electron chi connectivity index (χ0n) is 8.27. The van der Waals surface area contributed by atoms with E-state index >= 15 is 0 Å². The van der Waals surface area contributed by atoms with E-state index in [0.717, 1.165) is 17.7 Å². The number of carboxylic acid groups (broad SMARTS) is 1. The molecule has 78 valence electrons. The van der Waals surface area contributed by atoms with Gasteiger partial charge in [-0.3, -0.25) is 0 Å². The molecule has 3 nitrogen and oxygen atoms in total. The van der Waals surface area contributed by atoms with Gasteiger partial charge in [-0.2, -0.15) is 0 Å². The van der Waals surface area contributed by atoms with Gasteiger partial charge < -0.3 is 9.84 Å². The van der Waals surface area contributed by atoms with Crippen molar-refractivity contribution in [2.45, 2.75) is 12.5 Å². The van der Waals surface area contributed by atoms with Gasteiger partial charge in [0, 0.05) is 6.42 Å². The molecule has 1 heterocycles. The molecule has 0 radical (unpaired) electrons. The quantitative estimate of drug-likeness (QED) is 0.763. The van der Waals surface area contributed by atoms with Crippen LogP contribution in [-0.4, -0.2) is 23.8 Å². The highest BCUT2D eigenvalue weighted by Gasteiger charge is 2.25. The summed E-state index contributed by atoms with van der Waals surface area (Å²) < 4.78 is 5.10. The van der Waals surface area contributed by atoms with Crippen molar-refractivity contribution in [3.8, 4) is 0 Å². The molecule has 0 amide bonds. The van der Waals surface area contributed by atoms with Gasteiger partial charge in [-0.25, -0.2) is 4.79 Å². The van der Waals surface area contributed by atoms with Crippen molar-refractivity contribution in [3.05, 3.63) is 41.5 Å². The fourth-order valence-electron chi connectivity index (χ4n) is 1.55. The molecule has 0 aromatic heterocycles. The van der Waals surface area contributed by atoms with Crippen molar-refractivity contribution >= 4 is 12.0 Å². The number of hydrogen-bond acceptors (Lipinski definition) is 2. The minimum atomic E-state index is -0.888. The number of aromatic carboxylic acids is 1. The van der Waals surface area contributed by atoms with Gasteiger partial charge in [0.1, 0.15) is 0 Å². The molecule has 1 aliphatic rings. The van der Waals surface area contributed by atoms with Crippen LogP contribution in [0.2, 0.25) is 0 Å². The molecule has 15 heavy (non-hydrogen) atoms. The standard InChI is InChI=1S/C12H12O3/c1-2-8-3-4-11(12(13)14)9(5-8)6-10-7-15-10/h2-5,10H,1,6-7H2,(H,13,14). The van der Waals surface area contributed by atoms with Crippen LogP contribution in [0.25, 0.3) is 6.08 Å². The Hall–Kier alpha value is -1.61. The lowest BCUT2D eigenvalue weighted by Gasteiger charge is -2.05. The first-order valence-electron chi connectivity index (χ1n) is 4.81. The predicted molar refractivity (Wildman–Crippen MR) is 56.9 cm³/mol. The van der Waals surface area contributed by atoms with E-state index < -0.39 is 5.97 Å². The summed E-state index contributed by atoms with van der Waals surface area (Å²) in [5.41, 5.74) is 2.12. The second kappa shape index (κ2) is 3.87. The lowest BCUT2D eigenvalue weighted by molar-refractivity contribution is 0.0695. The molecule has 1 atom stereocenters. The van der Waals surface area contributed by atoms with Crippen molar-refractivity contribution in [1.29, 1.82) is 0 Å². The van der Waals surface area contributed by atoms with Gasteiger partial charge in [-0.05, 0) is 17.2 Å². The van der Waals surface area contributed by atoms with E-state index in [-0.39, 0.29) is 6.10 Å². The average molecular weight is 204 g/mol. The van der Waals surface area contributed by atoms with Gasteiger partial charge in [0.05, 0.1) is 18.3 Å². The van der Waals surface area contributed by atoms with Gasteiger partial charge >= 0.3 is 5.97 Å². The number of ether oxygens (including phenoxy) is 1. The van der Waals surface area contributed by atoms with Gasteiger partial charge in [0.15, 0.2) is 0 Å². The first kappa shape index (κ1) is 9.93. The Labute approximate surface area is 88.0 Å². The third-order valence-corrected chi connectivity index (χ3v) is 2.45. The Balaban J connectivity index is 2.34. The van der Waals surface area contributed by atoms with Crippen molar-refractivity contribution in [1.82, 2.24) is 0 Å². The zero-order valence-corrected chi connectivity index (χ0v) is 8.27. The second-order valence-electron chi connectivity index (χ2n) is 3.59. The Bertz CT molecular complexity index is 405. The van der Waals surface area contributed by atoms with Crippen molar-refractivity contribution in [2.75, 3.05) is 6.61 Å². The molecule has 1 unspecified atom stereocenters. The second-order valence-corrected chi connectivity index (χ2v) is 3.59. The molecule has 1 fully saturated rings. The summed E-state index contributed by atoms with van der Waals surface area (Å²) >= 11 is 0. The molecule has 1 saturated heterocycles. The largest absolute Gasteiger partial charge is 0.478 e. The molecular formula is C12H12O3. The topological polar surface area (TPSA) is 49.8 Å². The predicted octanol–water partition coefficient (Wildman–Crippen LogP) is 1.97. The highest BCUT2D eigenvalue weighted by molar-refractivity contribution is 5.89. The SMILES string of the molecule is C=Cc1ccc(C(=O)O)c(CC2CO2)c1. The van der Waals surface area contributed by atoms with E-state index in [2.05, 4.69) is 6.58 Å². The van der Waals surface area contributed by atoms with Crippen LogP contribution in [0.4, 0.5) is 0 Å². The molecular weight excluding hydrogens is 192 g/mol. The summed E-state index contributed by atoms with van der Waals surface area (Å²) in [6, 6.07) is 5.24. The van der Waals surface area contributed by atoms with E-state index in [1.807, 2.05) is 6.07 Å². The molecule has 0 bridgehead atoms. The van der Waals surface area contributed by atoms with Gasteiger partial charge in [0.25, 0.3) is 0 Å². The fourth-order valence-corrected chi connectivity index (χ4v) is 1.55. The summed E-state index contributed by atoms with van der Waals surface area (Å²) in [4.78, 5) is 11.0. The normalized spacial score (nSPS) is 18.5. The molecule has 1 N–H and O–H groups in total. The fraction of sp³-hybridized carbons (Fsp3) is 0.250. The van der Waals surface area contributed by atoms with Crippen LogP contribution in [0.1, 0.15) is 21.5 Å². The molecule has 0 spiro atoms. The first-order valence-corrected chi connectivity index (χ1v) is 4.81. The monoisotopic (exact) mass is 204 g/mol. The maximum Gasteiger partial charge on any atom is 0.335 e. The highest BCUT2D eigenvalue weighted by Crippen LogP contribution is 2.21. The Morgan fingerprint density at radius 3 is 2.93 bits per heavy atom. The summed E-state index contributed by atoms with van der Waals surface area (Å²) in [5, 5.41) is 9.00. The number of epoxide rings is 1. The minimum Gasteiger partial charge on any atom is -0.478 e. The number of carboxylic acids is 1. The Kier molecular flexibility index (Phi) is 2.56. The third kappa shape index (κ3) is 2.25. The van der Waals surface area contributed by atoms with Crippen LogP contribution in [-0.2, 0) is 11.2 Å². The first-order chi connectivity index (χ1) is 7.20. The molecule has 1 aliphatic heterocycles. The van der Waals surface area contributed by atoms with Gasteiger partial charge in [-0.1, -0.05) is 24.8 Å². The number of carbonyl (C=O) groups is 1. The van der Waals surface area contributed by atoms with Gasteiger partial charge in [-0.15, -0.1) is 0 Å².